The van der Waals surface area contributed by atoms with Crippen LogP contribution in [0, 0.1) is 22.6 Å². The van der Waals surface area contributed by atoms with Gasteiger partial charge in [0.25, 0.3) is 0 Å². The molecule has 0 amide bonds. The van der Waals surface area contributed by atoms with Gasteiger partial charge in [-0.15, -0.1) is 0 Å². The van der Waals surface area contributed by atoms with Gasteiger partial charge in [-0.2, -0.15) is 5.26 Å². The number of rotatable bonds is 5. The van der Waals surface area contributed by atoms with E-state index in [1.54, 1.807) is 26.0 Å². The zero-order valence-corrected chi connectivity index (χ0v) is 10.3. The number of carbonyl (C=O) groups is 1. The number of nitriles is 1. The molecule has 0 radical (unpaired) electrons. The van der Waals surface area contributed by atoms with Gasteiger partial charge in [-0.3, -0.25) is 4.79 Å². The molecule has 0 aliphatic heterocycles. The molecule has 0 heterocycles. The Balaban J connectivity index is 2.91. The second-order valence-electron chi connectivity index (χ2n) is 4.35. The number of anilines is 1. The molecular weight excluding hydrogens is 235 g/mol. The third kappa shape index (κ3) is 2.77. The number of carboxylic acids is 1. The predicted molar refractivity (Wildman–Crippen MR) is 65.6 cm³/mol. The number of nitrogens with one attached hydrogen (secondary N) is 1. The first-order chi connectivity index (χ1) is 8.44. The van der Waals surface area contributed by atoms with Crippen LogP contribution in [0.5, 0.6) is 0 Å². The summed E-state index contributed by atoms with van der Waals surface area (Å²) in [5, 5.41) is 20.8. The van der Waals surface area contributed by atoms with Gasteiger partial charge in [0.1, 0.15) is 17.4 Å². The Morgan fingerprint density at radius 1 is 1.61 bits per heavy atom. The lowest BCUT2D eigenvalue weighted by Gasteiger charge is -2.24. The summed E-state index contributed by atoms with van der Waals surface area (Å²) in [6, 6.07) is 5.99. The number of hydrogen-bond donors (Lipinski definition) is 2. The molecule has 1 atom stereocenters. The molecule has 2 N–H and O–H groups in total. The molecule has 0 aromatic heterocycles. The fourth-order valence-electron chi connectivity index (χ4n) is 1.43. The quantitative estimate of drug-likeness (QED) is 0.842. The molecule has 0 saturated heterocycles. The average Bonchev–Trinajstić information content (AvgIpc) is 2.35. The monoisotopic (exact) mass is 250 g/mol. The molecule has 5 heteroatoms. The summed E-state index contributed by atoms with van der Waals surface area (Å²) < 4.78 is 13.3. The third-order valence-electron chi connectivity index (χ3n) is 3.09. The Morgan fingerprint density at radius 2 is 2.28 bits per heavy atom. The van der Waals surface area contributed by atoms with Crippen molar-refractivity contribution in [2.24, 2.45) is 5.41 Å². The zero-order chi connectivity index (χ0) is 13.8. The second-order valence-corrected chi connectivity index (χ2v) is 4.35. The number of aliphatic carboxylic acids is 1. The Hall–Kier alpha value is -2.09. The van der Waals surface area contributed by atoms with Crippen molar-refractivity contribution >= 4 is 11.7 Å². The molecule has 1 aromatic carbocycles. The van der Waals surface area contributed by atoms with E-state index >= 15 is 0 Å². The van der Waals surface area contributed by atoms with Crippen LogP contribution in [0.2, 0.25) is 0 Å². The van der Waals surface area contributed by atoms with Gasteiger partial charge >= 0.3 is 5.97 Å². The van der Waals surface area contributed by atoms with Crippen LogP contribution in [0.15, 0.2) is 18.2 Å². The highest BCUT2D eigenvalue weighted by Gasteiger charge is 2.31. The Morgan fingerprint density at radius 3 is 2.78 bits per heavy atom. The maximum atomic E-state index is 13.3. The predicted octanol–water partition coefficient (Wildman–Crippen LogP) is 2.61. The molecule has 4 nitrogen and oxygen atoms in total. The van der Waals surface area contributed by atoms with E-state index in [-0.39, 0.29) is 12.1 Å². The van der Waals surface area contributed by atoms with E-state index in [1.165, 1.54) is 12.1 Å². The smallest absolute Gasteiger partial charge is 0.311 e. The largest absolute Gasteiger partial charge is 0.481 e. The van der Waals surface area contributed by atoms with E-state index in [4.69, 9.17) is 10.4 Å². The van der Waals surface area contributed by atoms with Crippen LogP contribution in [0.25, 0.3) is 0 Å². The van der Waals surface area contributed by atoms with E-state index in [0.717, 1.165) is 0 Å². The number of carboxylic acid groups (broad SMARTS) is 1. The van der Waals surface area contributed by atoms with Crippen LogP contribution in [-0.4, -0.2) is 17.6 Å². The summed E-state index contributed by atoms with van der Waals surface area (Å²) in [6.45, 7) is 3.51. The lowest BCUT2D eigenvalue weighted by molar-refractivity contribution is -0.147. The highest BCUT2D eigenvalue weighted by Crippen LogP contribution is 2.24. The van der Waals surface area contributed by atoms with Crippen molar-refractivity contribution in [2.45, 2.75) is 20.3 Å². The summed E-state index contributed by atoms with van der Waals surface area (Å²) in [5.41, 5.74) is -0.723. The minimum atomic E-state index is -0.945. The Kier molecular flexibility index (Phi) is 4.27. The Labute approximate surface area is 105 Å². The number of nitrogens with zero attached hydrogens (tertiary/aromatic N) is 1. The summed E-state index contributed by atoms with van der Waals surface area (Å²) in [7, 11) is 0. The van der Waals surface area contributed by atoms with Crippen LogP contribution in [0.1, 0.15) is 25.8 Å². The molecule has 1 aromatic rings. The molecule has 0 fully saturated rings. The van der Waals surface area contributed by atoms with Gasteiger partial charge in [-0.25, -0.2) is 4.39 Å². The summed E-state index contributed by atoms with van der Waals surface area (Å²) in [6.07, 6.45) is 0.437. The van der Waals surface area contributed by atoms with Gasteiger partial charge < -0.3 is 10.4 Å². The van der Waals surface area contributed by atoms with E-state index < -0.39 is 17.2 Å². The average molecular weight is 250 g/mol. The SMILES string of the molecule is CCC(C)(CNc1cccc(F)c1C#N)C(=O)O. The first-order valence-electron chi connectivity index (χ1n) is 5.60. The number of halogens is 1. The van der Waals surface area contributed by atoms with Gasteiger partial charge in [-0.05, 0) is 25.5 Å². The molecular formula is C13H15FN2O2. The summed E-state index contributed by atoms with van der Waals surface area (Å²) in [5.74, 6) is -1.54. The standard InChI is InChI=1S/C13H15FN2O2/c1-3-13(2,12(17)18)8-16-11-6-4-5-10(14)9(11)7-15/h4-6,16H,3,8H2,1-2H3,(H,17,18). The van der Waals surface area contributed by atoms with E-state index in [9.17, 15) is 9.18 Å². The minimum Gasteiger partial charge on any atom is -0.481 e. The topological polar surface area (TPSA) is 73.1 Å². The zero-order valence-electron chi connectivity index (χ0n) is 10.3. The van der Waals surface area contributed by atoms with Gasteiger partial charge in [0.15, 0.2) is 0 Å². The molecule has 0 aliphatic rings. The van der Waals surface area contributed by atoms with Gasteiger partial charge in [0.05, 0.1) is 11.1 Å². The summed E-state index contributed by atoms with van der Waals surface area (Å²) >= 11 is 0. The maximum absolute atomic E-state index is 13.3. The van der Waals surface area contributed by atoms with E-state index in [1.807, 2.05) is 0 Å². The van der Waals surface area contributed by atoms with E-state index in [0.29, 0.717) is 12.1 Å². The number of benzene rings is 1. The molecule has 0 spiro atoms. The highest BCUT2D eigenvalue weighted by molar-refractivity contribution is 5.75. The fraction of sp³-hybridized carbons (Fsp3) is 0.385. The molecule has 0 bridgehead atoms. The lowest BCUT2D eigenvalue weighted by atomic mass is 9.87. The first kappa shape index (κ1) is 14.0. The molecule has 18 heavy (non-hydrogen) atoms. The van der Waals surface area contributed by atoms with Crippen molar-refractivity contribution in [3.63, 3.8) is 0 Å². The fourth-order valence-corrected chi connectivity index (χ4v) is 1.43. The van der Waals surface area contributed by atoms with Gasteiger partial charge in [0.2, 0.25) is 0 Å². The first-order valence-corrected chi connectivity index (χ1v) is 5.60. The van der Waals surface area contributed by atoms with Crippen LogP contribution < -0.4 is 5.32 Å². The van der Waals surface area contributed by atoms with Gasteiger partial charge in [0, 0.05) is 6.54 Å². The molecule has 0 saturated carbocycles. The van der Waals surface area contributed by atoms with Gasteiger partial charge in [-0.1, -0.05) is 13.0 Å². The molecule has 1 unspecified atom stereocenters. The van der Waals surface area contributed by atoms with Crippen LogP contribution >= 0.6 is 0 Å². The van der Waals surface area contributed by atoms with Crippen LogP contribution in [0.4, 0.5) is 10.1 Å². The van der Waals surface area contributed by atoms with Crippen molar-refractivity contribution in [3.8, 4) is 6.07 Å². The highest BCUT2D eigenvalue weighted by atomic mass is 19.1. The van der Waals surface area contributed by atoms with Crippen molar-refractivity contribution in [3.05, 3.63) is 29.6 Å². The summed E-state index contributed by atoms with van der Waals surface area (Å²) in [4.78, 5) is 11.1. The van der Waals surface area contributed by atoms with Crippen LogP contribution in [-0.2, 0) is 4.79 Å². The van der Waals surface area contributed by atoms with Crippen molar-refractivity contribution < 1.29 is 14.3 Å². The Bertz CT molecular complexity index is 496. The van der Waals surface area contributed by atoms with E-state index in [2.05, 4.69) is 5.32 Å². The normalized spacial score (nSPS) is 13.4. The lowest BCUT2D eigenvalue weighted by Crippen LogP contribution is -2.34. The number of hydrogen-bond acceptors (Lipinski definition) is 3. The second kappa shape index (κ2) is 5.50. The van der Waals surface area contributed by atoms with Crippen LogP contribution in [0.3, 0.4) is 0 Å². The van der Waals surface area contributed by atoms with Crippen molar-refractivity contribution in [2.75, 3.05) is 11.9 Å². The third-order valence-corrected chi connectivity index (χ3v) is 3.09. The maximum Gasteiger partial charge on any atom is 0.311 e. The molecule has 96 valence electrons. The van der Waals surface area contributed by atoms with Crippen molar-refractivity contribution in [1.29, 1.82) is 5.26 Å². The molecule has 1 rings (SSSR count). The molecule has 0 aliphatic carbocycles. The minimum absolute atomic E-state index is 0.0960. The van der Waals surface area contributed by atoms with Crippen molar-refractivity contribution in [1.82, 2.24) is 0 Å².